The number of carbonyl (C=O) groups excluding carboxylic acids is 2. The zero-order valence-corrected chi connectivity index (χ0v) is 17.2. The summed E-state index contributed by atoms with van der Waals surface area (Å²) < 4.78 is 33.8. The number of benzene rings is 3. The summed E-state index contributed by atoms with van der Waals surface area (Å²) in [6.45, 7) is -1.43. The van der Waals surface area contributed by atoms with Gasteiger partial charge in [-0.15, -0.1) is 0 Å². The summed E-state index contributed by atoms with van der Waals surface area (Å²) in [5, 5.41) is 2.79. The van der Waals surface area contributed by atoms with Crippen molar-refractivity contribution in [1.29, 1.82) is 0 Å². The van der Waals surface area contributed by atoms with Gasteiger partial charge in [0.25, 0.3) is 5.91 Å². The molecule has 164 valence electrons. The maximum absolute atomic E-state index is 12.5. The number of esters is 1. The molecule has 5 nitrogen and oxygen atoms in total. The maximum atomic E-state index is 12.5. The van der Waals surface area contributed by atoms with Gasteiger partial charge in [0, 0.05) is 17.3 Å². The molecule has 7 heteroatoms. The molecule has 0 spiro atoms. The van der Waals surface area contributed by atoms with E-state index < -0.39 is 24.6 Å². The Kier molecular flexibility index (Phi) is 7.70. The van der Waals surface area contributed by atoms with E-state index in [4.69, 9.17) is 4.74 Å². The van der Waals surface area contributed by atoms with Gasteiger partial charge in [-0.1, -0.05) is 60.7 Å². The number of para-hydroxylation sites is 1. The van der Waals surface area contributed by atoms with Crippen molar-refractivity contribution in [3.05, 3.63) is 90.5 Å². The van der Waals surface area contributed by atoms with Crippen LogP contribution >= 0.6 is 0 Å². The Morgan fingerprint density at radius 1 is 0.906 bits per heavy atom. The fourth-order valence-corrected chi connectivity index (χ4v) is 2.89. The fraction of sp³-hybridized carbons (Fsp3) is 0.120. The number of hydrogen-bond donors (Lipinski definition) is 1. The number of rotatable bonds is 8. The molecule has 0 aliphatic carbocycles. The Morgan fingerprint density at radius 3 is 2.25 bits per heavy atom. The van der Waals surface area contributed by atoms with E-state index in [0.29, 0.717) is 11.3 Å². The zero-order chi connectivity index (χ0) is 22.9. The Morgan fingerprint density at radius 2 is 1.56 bits per heavy atom. The molecular formula is C25H21F2NO4. The van der Waals surface area contributed by atoms with Gasteiger partial charge in [0.05, 0.1) is 0 Å². The van der Waals surface area contributed by atoms with Crippen LogP contribution in [0.25, 0.3) is 17.2 Å². The first kappa shape index (κ1) is 22.7. The molecule has 0 aliphatic heterocycles. The molecule has 0 heterocycles. The number of carbonyl (C=O) groups is 2. The van der Waals surface area contributed by atoms with Crippen LogP contribution in [0.1, 0.15) is 12.5 Å². The van der Waals surface area contributed by atoms with E-state index in [1.807, 2.05) is 42.5 Å². The van der Waals surface area contributed by atoms with Crippen molar-refractivity contribution in [1.82, 2.24) is 0 Å². The molecule has 1 amide bonds. The average molecular weight is 437 g/mol. The normalized spacial score (nSPS) is 11.9. The van der Waals surface area contributed by atoms with Crippen molar-refractivity contribution >= 4 is 23.6 Å². The number of halogens is 2. The molecule has 0 radical (unpaired) electrons. The first-order chi connectivity index (χ1) is 15.4. The predicted molar refractivity (Wildman–Crippen MR) is 118 cm³/mol. The molecule has 1 N–H and O–H groups in total. The van der Waals surface area contributed by atoms with Gasteiger partial charge in [0.15, 0.2) is 6.10 Å². The average Bonchev–Trinajstić information content (AvgIpc) is 2.79. The lowest BCUT2D eigenvalue weighted by Gasteiger charge is -2.15. The minimum Gasteiger partial charge on any atom is -0.449 e. The van der Waals surface area contributed by atoms with E-state index in [9.17, 15) is 18.4 Å². The van der Waals surface area contributed by atoms with E-state index in [1.54, 1.807) is 12.1 Å². The lowest BCUT2D eigenvalue weighted by molar-refractivity contribution is -0.148. The van der Waals surface area contributed by atoms with Crippen LogP contribution in [-0.2, 0) is 14.3 Å². The number of ether oxygens (including phenoxy) is 2. The first-order valence-electron chi connectivity index (χ1n) is 9.81. The molecular weight excluding hydrogens is 416 g/mol. The summed E-state index contributed by atoms with van der Waals surface area (Å²) in [4.78, 5) is 24.6. The molecule has 3 aromatic carbocycles. The summed E-state index contributed by atoms with van der Waals surface area (Å²) in [5.41, 5.74) is 2.98. The smallest absolute Gasteiger partial charge is 0.387 e. The van der Waals surface area contributed by atoms with Gasteiger partial charge >= 0.3 is 12.6 Å². The van der Waals surface area contributed by atoms with Crippen molar-refractivity contribution in [3.63, 3.8) is 0 Å². The van der Waals surface area contributed by atoms with Crippen LogP contribution in [0.3, 0.4) is 0 Å². The van der Waals surface area contributed by atoms with Gasteiger partial charge < -0.3 is 14.8 Å². The first-order valence-corrected chi connectivity index (χ1v) is 9.81. The summed E-state index contributed by atoms with van der Waals surface area (Å²) >= 11 is 0. The molecule has 0 fully saturated rings. The second-order valence-electron chi connectivity index (χ2n) is 6.76. The third kappa shape index (κ3) is 6.50. The standard InChI is InChI=1S/C25H21F2NO4/c1-17(31-23(29)16-13-18-11-14-20(15-12-18)32-25(26)27)24(30)28-22-10-6-5-9-21(22)19-7-3-2-4-8-19/h2-17,25H,1H3,(H,28,30)/b16-13+. The molecule has 3 aromatic rings. The van der Waals surface area contributed by atoms with E-state index in [2.05, 4.69) is 10.1 Å². The molecule has 0 aliphatic rings. The van der Waals surface area contributed by atoms with Gasteiger partial charge in [-0.25, -0.2) is 4.79 Å². The minimum absolute atomic E-state index is 0.0146. The van der Waals surface area contributed by atoms with Crippen molar-refractivity contribution in [2.24, 2.45) is 0 Å². The molecule has 0 saturated carbocycles. The number of nitrogens with one attached hydrogen (secondary N) is 1. The second kappa shape index (κ2) is 10.9. The Hall–Kier alpha value is -4.00. The molecule has 3 rings (SSSR count). The topological polar surface area (TPSA) is 64.6 Å². The van der Waals surface area contributed by atoms with Crippen molar-refractivity contribution in [2.45, 2.75) is 19.6 Å². The van der Waals surface area contributed by atoms with Crippen LogP contribution in [0, 0.1) is 0 Å². The van der Waals surface area contributed by atoms with Gasteiger partial charge in [0.2, 0.25) is 0 Å². The van der Waals surface area contributed by atoms with Crippen LogP contribution < -0.4 is 10.1 Å². The van der Waals surface area contributed by atoms with Gasteiger partial charge in [-0.3, -0.25) is 4.79 Å². The Balaban J connectivity index is 1.58. The molecule has 0 saturated heterocycles. The number of alkyl halides is 2. The molecule has 0 bridgehead atoms. The fourth-order valence-electron chi connectivity index (χ4n) is 2.89. The highest BCUT2D eigenvalue weighted by Crippen LogP contribution is 2.27. The summed E-state index contributed by atoms with van der Waals surface area (Å²) in [7, 11) is 0. The SMILES string of the molecule is CC(OC(=O)/C=C/c1ccc(OC(F)F)cc1)C(=O)Nc1ccccc1-c1ccccc1. The summed E-state index contributed by atoms with van der Waals surface area (Å²) in [6, 6.07) is 22.7. The third-order valence-electron chi connectivity index (χ3n) is 4.45. The van der Waals surface area contributed by atoms with Crippen molar-refractivity contribution in [3.8, 4) is 16.9 Å². The van der Waals surface area contributed by atoms with Gasteiger partial charge in [-0.05, 0) is 42.3 Å². The van der Waals surface area contributed by atoms with E-state index in [0.717, 1.165) is 17.2 Å². The second-order valence-corrected chi connectivity index (χ2v) is 6.76. The minimum atomic E-state index is -2.90. The van der Waals surface area contributed by atoms with Crippen molar-refractivity contribution < 1.29 is 27.8 Å². The monoisotopic (exact) mass is 437 g/mol. The highest BCUT2D eigenvalue weighted by atomic mass is 19.3. The molecule has 1 unspecified atom stereocenters. The van der Waals surface area contributed by atoms with Gasteiger partial charge in [-0.2, -0.15) is 8.78 Å². The zero-order valence-electron chi connectivity index (χ0n) is 17.2. The Labute approximate surface area is 184 Å². The molecule has 32 heavy (non-hydrogen) atoms. The lowest BCUT2D eigenvalue weighted by atomic mass is 10.0. The number of amides is 1. The van der Waals surface area contributed by atoms with Crippen LogP contribution in [0.15, 0.2) is 84.9 Å². The molecule has 1 atom stereocenters. The highest BCUT2D eigenvalue weighted by molar-refractivity contribution is 5.99. The van der Waals surface area contributed by atoms with Crippen LogP contribution in [0.5, 0.6) is 5.75 Å². The lowest BCUT2D eigenvalue weighted by Crippen LogP contribution is -2.29. The number of hydrogen-bond acceptors (Lipinski definition) is 4. The summed E-state index contributed by atoms with van der Waals surface area (Å²) in [6.07, 6.45) is 1.58. The molecule has 0 aromatic heterocycles. The quantitative estimate of drug-likeness (QED) is 0.371. The van der Waals surface area contributed by atoms with E-state index in [1.165, 1.54) is 37.3 Å². The van der Waals surface area contributed by atoms with E-state index >= 15 is 0 Å². The number of anilines is 1. The van der Waals surface area contributed by atoms with Crippen LogP contribution in [0.4, 0.5) is 14.5 Å². The van der Waals surface area contributed by atoms with Crippen molar-refractivity contribution in [2.75, 3.05) is 5.32 Å². The predicted octanol–water partition coefficient (Wildman–Crippen LogP) is 5.54. The third-order valence-corrected chi connectivity index (χ3v) is 4.45. The van der Waals surface area contributed by atoms with Gasteiger partial charge in [0.1, 0.15) is 5.75 Å². The van der Waals surface area contributed by atoms with E-state index in [-0.39, 0.29) is 5.75 Å². The maximum Gasteiger partial charge on any atom is 0.387 e. The van der Waals surface area contributed by atoms with Crippen LogP contribution in [-0.4, -0.2) is 24.6 Å². The summed E-state index contributed by atoms with van der Waals surface area (Å²) in [5.74, 6) is -1.17. The largest absolute Gasteiger partial charge is 0.449 e. The Bertz CT molecular complexity index is 1080. The van der Waals surface area contributed by atoms with Crippen LogP contribution in [0.2, 0.25) is 0 Å². The highest BCUT2D eigenvalue weighted by Gasteiger charge is 2.18.